The van der Waals surface area contributed by atoms with E-state index in [1.165, 1.54) is 13.2 Å². The Hall–Kier alpha value is -3.35. The monoisotopic (exact) mass is 384 g/mol. The number of amides is 2. The van der Waals surface area contributed by atoms with E-state index in [9.17, 15) is 19.5 Å². The van der Waals surface area contributed by atoms with E-state index in [4.69, 9.17) is 4.74 Å². The van der Waals surface area contributed by atoms with Crippen molar-refractivity contribution in [3.8, 4) is 5.75 Å². The zero-order valence-electron chi connectivity index (χ0n) is 16.3. The molecule has 0 aliphatic rings. The highest BCUT2D eigenvalue weighted by Crippen LogP contribution is 2.19. The molecule has 2 aromatic carbocycles. The molecule has 148 valence electrons. The molecule has 1 unspecified atom stereocenters. The van der Waals surface area contributed by atoms with E-state index in [0.717, 1.165) is 0 Å². The highest BCUT2D eigenvalue weighted by molar-refractivity contribution is 6.03. The normalized spacial score (nSPS) is 11.6. The summed E-state index contributed by atoms with van der Waals surface area (Å²) in [5, 5.41) is 14.6. The Morgan fingerprint density at radius 1 is 1.04 bits per heavy atom. The first-order chi connectivity index (χ1) is 13.2. The van der Waals surface area contributed by atoms with E-state index in [1.807, 2.05) is 13.8 Å². The van der Waals surface area contributed by atoms with Crippen molar-refractivity contribution in [3.63, 3.8) is 0 Å². The highest BCUT2D eigenvalue weighted by atomic mass is 16.5. The molecule has 0 bridgehead atoms. The summed E-state index contributed by atoms with van der Waals surface area (Å²) < 4.78 is 5.19. The number of carbonyl (C=O) groups excluding carboxylic acids is 2. The molecule has 1 atom stereocenters. The van der Waals surface area contributed by atoms with E-state index in [0.29, 0.717) is 22.6 Å². The summed E-state index contributed by atoms with van der Waals surface area (Å²) in [6.45, 7) is 5.30. The average molecular weight is 384 g/mol. The van der Waals surface area contributed by atoms with Crippen molar-refractivity contribution in [2.45, 2.75) is 26.8 Å². The van der Waals surface area contributed by atoms with Crippen LogP contribution >= 0.6 is 0 Å². The first-order valence-electron chi connectivity index (χ1n) is 8.83. The van der Waals surface area contributed by atoms with E-state index in [2.05, 4.69) is 10.6 Å². The molecule has 3 N–H and O–H groups in total. The SMILES string of the molecule is COc1ccccc1C(=O)NC(C(=O)Nc1ccc(C)c(C(=O)O)c1)C(C)C. The van der Waals surface area contributed by atoms with Gasteiger partial charge in [0.25, 0.3) is 5.91 Å². The van der Waals surface area contributed by atoms with Crippen LogP contribution in [0.3, 0.4) is 0 Å². The lowest BCUT2D eigenvalue weighted by Crippen LogP contribution is -2.47. The fraction of sp³-hybridized carbons (Fsp3) is 0.286. The van der Waals surface area contributed by atoms with Crippen LogP contribution < -0.4 is 15.4 Å². The van der Waals surface area contributed by atoms with Gasteiger partial charge in [0.15, 0.2) is 0 Å². The highest BCUT2D eigenvalue weighted by Gasteiger charge is 2.26. The van der Waals surface area contributed by atoms with Gasteiger partial charge in [0, 0.05) is 5.69 Å². The summed E-state index contributed by atoms with van der Waals surface area (Å²) in [6, 6.07) is 10.6. The Labute approximate surface area is 163 Å². The van der Waals surface area contributed by atoms with Gasteiger partial charge in [-0.25, -0.2) is 4.79 Å². The molecule has 7 nitrogen and oxygen atoms in total. The maximum atomic E-state index is 12.7. The number of rotatable bonds is 7. The summed E-state index contributed by atoms with van der Waals surface area (Å²) in [5.41, 5.74) is 1.38. The summed E-state index contributed by atoms with van der Waals surface area (Å²) in [4.78, 5) is 36.7. The summed E-state index contributed by atoms with van der Waals surface area (Å²) in [7, 11) is 1.47. The number of nitrogens with one attached hydrogen (secondary N) is 2. The van der Waals surface area contributed by atoms with Gasteiger partial charge in [0.05, 0.1) is 18.2 Å². The van der Waals surface area contributed by atoms with Gasteiger partial charge < -0.3 is 20.5 Å². The Kier molecular flexibility index (Phi) is 6.76. The second-order valence-corrected chi connectivity index (χ2v) is 6.72. The number of aromatic carboxylic acids is 1. The van der Waals surface area contributed by atoms with Crippen LogP contribution in [0, 0.1) is 12.8 Å². The average Bonchev–Trinajstić information content (AvgIpc) is 2.66. The first-order valence-corrected chi connectivity index (χ1v) is 8.83. The maximum Gasteiger partial charge on any atom is 0.336 e. The number of carboxylic acids is 1. The third-order valence-electron chi connectivity index (χ3n) is 4.32. The molecule has 0 fully saturated rings. The van der Waals surface area contributed by atoms with Gasteiger partial charge in [-0.05, 0) is 42.7 Å². The second-order valence-electron chi connectivity index (χ2n) is 6.72. The topological polar surface area (TPSA) is 105 Å². The molecule has 0 aliphatic carbocycles. The van der Waals surface area contributed by atoms with Crippen molar-refractivity contribution in [2.24, 2.45) is 5.92 Å². The van der Waals surface area contributed by atoms with Crippen LogP contribution in [0.5, 0.6) is 5.75 Å². The molecule has 0 saturated carbocycles. The zero-order chi connectivity index (χ0) is 20.8. The van der Waals surface area contributed by atoms with Crippen molar-refractivity contribution in [2.75, 3.05) is 12.4 Å². The Bertz CT molecular complexity index is 892. The number of benzene rings is 2. The Morgan fingerprint density at radius 2 is 1.71 bits per heavy atom. The van der Waals surface area contributed by atoms with Gasteiger partial charge in [0.2, 0.25) is 5.91 Å². The number of methoxy groups -OCH3 is 1. The van der Waals surface area contributed by atoms with Crippen molar-refractivity contribution < 1.29 is 24.2 Å². The number of hydrogen-bond donors (Lipinski definition) is 3. The molecule has 2 amide bonds. The van der Waals surface area contributed by atoms with E-state index < -0.39 is 23.8 Å². The van der Waals surface area contributed by atoms with Crippen LogP contribution in [0.2, 0.25) is 0 Å². The second kappa shape index (κ2) is 9.03. The van der Waals surface area contributed by atoms with Crippen LogP contribution in [0.25, 0.3) is 0 Å². The molecule has 0 spiro atoms. The summed E-state index contributed by atoms with van der Waals surface area (Å²) >= 11 is 0. The van der Waals surface area contributed by atoms with Gasteiger partial charge in [-0.2, -0.15) is 0 Å². The predicted octanol–water partition coefficient (Wildman–Crippen LogP) is 3.09. The maximum absolute atomic E-state index is 12.7. The van der Waals surface area contributed by atoms with Crippen molar-refractivity contribution in [1.82, 2.24) is 5.32 Å². The minimum Gasteiger partial charge on any atom is -0.496 e. The van der Waals surface area contributed by atoms with Crippen molar-refractivity contribution in [3.05, 3.63) is 59.2 Å². The molecule has 0 radical (unpaired) electrons. The van der Waals surface area contributed by atoms with Gasteiger partial charge in [-0.1, -0.05) is 32.0 Å². The number of hydrogen-bond acceptors (Lipinski definition) is 4. The Balaban J connectivity index is 2.20. The third-order valence-corrected chi connectivity index (χ3v) is 4.32. The minimum atomic E-state index is -1.07. The van der Waals surface area contributed by atoms with Crippen LogP contribution in [0.4, 0.5) is 5.69 Å². The summed E-state index contributed by atoms with van der Waals surface area (Å²) in [5.74, 6) is -1.71. The molecule has 0 aliphatic heterocycles. The van der Waals surface area contributed by atoms with Gasteiger partial charge >= 0.3 is 5.97 Å². The number of ether oxygens (including phenoxy) is 1. The Morgan fingerprint density at radius 3 is 2.32 bits per heavy atom. The molecule has 28 heavy (non-hydrogen) atoms. The molecule has 2 aromatic rings. The number of carbonyl (C=O) groups is 3. The smallest absolute Gasteiger partial charge is 0.336 e. The van der Waals surface area contributed by atoms with Crippen molar-refractivity contribution in [1.29, 1.82) is 0 Å². The first kappa shape index (κ1) is 21.0. The zero-order valence-corrected chi connectivity index (χ0v) is 16.3. The number of carboxylic acid groups (broad SMARTS) is 1. The molecular formula is C21H24N2O5. The molecule has 0 heterocycles. The van der Waals surface area contributed by atoms with Crippen LogP contribution in [-0.4, -0.2) is 36.0 Å². The fourth-order valence-electron chi connectivity index (χ4n) is 2.74. The lowest BCUT2D eigenvalue weighted by Gasteiger charge is -2.22. The van der Waals surface area contributed by atoms with Gasteiger partial charge in [-0.15, -0.1) is 0 Å². The number of para-hydroxylation sites is 1. The standard InChI is InChI=1S/C21H24N2O5/c1-12(2)18(23-19(24)15-7-5-6-8-17(15)28-4)20(25)22-14-10-9-13(3)16(11-14)21(26)27/h5-12,18H,1-4H3,(H,22,25)(H,23,24)(H,26,27). The van der Waals surface area contributed by atoms with E-state index >= 15 is 0 Å². The predicted molar refractivity (Wildman–Crippen MR) is 106 cm³/mol. The molecule has 0 saturated heterocycles. The van der Waals surface area contributed by atoms with E-state index in [-0.39, 0.29) is 11.5 Å². The quantitative estimate of drug-likeness (QED) is 0.680. The largest absolute Gasteiger partial charge is 0.496 e. The van der Waals surface area contributed by atoms with Gasteiger partial charge in [-0.3, -0.25) is 9.59 Å². The molecule has 0 aromatic heterocycles. The van der Waals surface area contributed by atoms with E-state index in [1.54, 1.807) is 43.3 Å². The summed E-state index contributed by atoms with van der Waals surface area (Å²) in [6.07, 6.45) is 0. The lowest BCUT2D eigenvalue weighted by molar-refractivity contribution is -0.118. The van der Waals surface area contributed by atoms with Gasteiger partial charge in [0.1, 0.15) is 11.8 Å². The third kappa shape index (κ3) is 4.88. The fourth-order valence-corrected chi connectivity index (χ4v) is 2.74. The number of aryl methyl sites for hydroxylation is 1. The van der Waals surface area contributed by atoms with Crippen LogP contribution in [0.1, 0.15) is 40.1 Å². The minimum absolute atomic E-state index is 0.108. The molecular weight excluding hydrogens is 360 g/mol. The van der Waals surface area contributed by atoms with Crippen LogP contribution in [0.15, 0.2) is 42.5 Å². The molecule has 7 heteroatoms. The molecule has 2 rings (SSSR count). The van der Waals surface area contributed by atoms with Crippen molar-refractivity contribution >= 4 is 23.5 Å². The number of anilines is 1. The van der Waals surface area contributed by atoms with Crippen LogP contribution in [-0.2, 0) is 4.79 Å². The lowest BCUT2D eigenvalue weighted by atomic mass is 10.0.